The summed E-state index contributed by atoms with van der Waals surface area (Å²) >= 11 is 0. The molecule has 1 fully saturated rings. The van der Waals surface area contributed by atoms with E-state index in [-0.39, 0.29) is 6.42 Å². The highest BCUT2D eigenvalue weighted by Crippen LogP contribution is 2.27. The lowest BCUT2D eigenvalue weighted by Crippen LogP contribution is -2.37. The molecule has 88 valence electrons. The van der Waals surface area contributed by atoms with E-state index in [1.165, 1.54) is 6.92 Å². The van der Waals surface area contributed by atoms with E-state index in [1.54, 1.807) is 0 Å². The Hall–Kier alpha value is -1.66. The molecule has 1 aliphatic rings. The summed E-state index contributed by atoms with van der Waals surface area (Å²) in [5.41, 5.74) is -1.69. The van der Waals surface area contributed by atoms with Gasteiger partial charge in [0.1, 0.15) is 18.1 Å². The highest BCUT2D eigenvalue weighted by atomic mass is 16.9. The van der Waals surface area contributed by atoms with Gasteiger partial charge in [0.05, 0.1) is 0 Å². The van der Waals surface area contributed by atoms with Crippen molar-refractivity contribution in [1.82, 2.24) is 5.23 Å². The fraction of sp³-hybridized carbons (Fsp3) is 0.400. The first-order chi connectivity index (χ1) is 7.44. The van der Waals surface area contributed by atoms with Gasteiger partial charge < -0.3 is 14.8 Å². The lowest BCUT2D eigenvalue weighted by atomic mass is 10.1. The van der Waals surface area contributed by atoms with Gasteiger partial charge in [-0.1, -0.05) is 13.2 Å². The highest BCUT2D eigenvalue weighted by Gasteiger charge is 2.52. The number of hydroxylamine groups is 2. The molecule has 2 unspecified atom stereocenters. The average molecular weight is 227 g/mol. The number of hydrogen-bond donors (Lipinski definition) is 1. The minimum atomic E-state index is -1.69. The van der Waals surface area contributed by atoms with E-state index >= 15 is 0 Å². The van der Waals surface area contributed by atoms with Crippen molar-refractivity contribution in [2.24, 2.45) is 0 Å². The zero-order valence-electron chi connectivity index (χ0n) is 8.88. The summed E-state index contributed by atoms with van der Waals surface area (Å²) in [6, 6.07) is -1.00. The Kier molecular flexibility index (Phi) is 3.46. The van der Waals surface area contributed by atoms with Crippen molar-refractivity contribution in [2.45, 2.75) is 25.0 Å². The minimum Gasteiger partial charge on any atom is -0.382 e. The van der Waals surface area contributed by atoms with Gasteiger partial charge in [-0.05, 0) is 6.92 Å². The second kappa shape index (κ2) is 4.46. The Bertz CT molecular complexity index is 326. The Morgan fingerprint density at radius 1 is 1.44 bits per heavy atom. The van der Waals surface area contributed by atoms with E-state index in [0.717, 1.165) is 17.8 Å². The number of nitrogens with zero attached hydrogens (tertiary/aromatic N) is 1. The number of rotatable bonds is 5. The van der Waals surface area contributed by atoms with Crippen molar-refractivity contribution in [2.75, 3.05) is 0 Å². The van der Waals surface area contributed by atoms with Crippen LogP contribution >= 0.6 is 0 Å². The lowest BCUT2D eigenvalue weighted by molar-refractivity contribution is -0.329. The van der Waals surface area contributed by atoms with Gasteiger partial charge in [-0.2, -0.15) is 0 Å². The first kappa shape index (κ1) is 12.4. The number of carbonyl (C=O) groups is 2. The maximum atomic E-state index is 11.5. The Balaban J connectivity index is 2.87. The average Bonchev–Trinajstić information content (AvgIpc) is 2.42. The normalized spacial score (nSPS) is 29.3. The molecular weight excluding hydrogens is 214 g/mol. The second-order valence-electron chi connectivity index (χ2n) is 3.52. The molecule has 2 atom stereocenters. The highest BCUT2D eigenvalue weighted by molar-refractivity contribution is 6.44. The van der Waals surface area contributed by atoms with Gasteiger partial charge in [0.15, 0.2) is 6.04 Å². The summed E-state index contributed by atoms with van der Waals surface area (Å²) in [5.74, 6) is -1.63. The second-order valence-corrected chi connectivity index (χ2v) is 3.52. The maximum absolute atomic E-state index is 11.5. The Labute approximate surface area is 92.7 Å². The number of Topliss-reactive ketones (excluding diaryl/α,β-unsaturated/α-hetero) is 2. The molecule has 1 saturated carbocycles. The summed E-state index contributed by atoms with van der Waals surface area (Å²) in [6.07, 6.45) is 1.97. The third kappa shape index (κ3) is 2.12. The molecule has 0 aromatic rings. The van der Waals surface area contributed by atoms with Crippen LogP contribution in [0.4, 0.5) is 0 Å². The largest absolute Gasteiger partial charge is 0.382 e. The third-order valence-electron chi connectivity index (χ3n) is 2.22. The molecule has 1 N–H and O–H groups in total. The molecule has 1 rings (SSSR count). The third-order valence-corrected chi connectivity index (χ3v) is 2.22. The van der Waals surface area contributed by atoms with Crippen LogP contribution in [0, 0.1) is 0 Å². The smallest absolute Gasteiger partial charge is 0.231 e. The first-order valence-electron chi connectivity index (χ1n) is 4.59. The summed E-state index contributed by atoms with van der Waals surface area (Å²) in [6.45, 7) is 7.87. The van der Waals surface area contributed by atoms with E-state index < -0.39 is 23.2 Å². The van der Waals surface area contributed by atoms with Crippen LogP contribution in [0.3, 0.4) is 0 Å². The molecular formula is C10H13NO5. The number of ketones is 2. The van der Waals surface area contributed by atoms with Gasteiger partial charge in [-0.15, -0.1) is 0 Å². The number of carbonyl (C=O) groups excluding carboxylic acids is 2. The van der Waals surface area contributed by atoms with Crippen molar-refractivity contribution in [3.05, 3.63) is 25.7 Å². The van der Waals surface area contributed by atoms with Crippen molar-refractivity contribution >= 4 is 11.6 Å². The molecule has 0 amide bonds. The number of hydrogen-bond acceptors (Lipinski definition) is 6. The molecule has 0 bridgehead atoms. The van der Waals surface area contributed by atoms with Crippen LogP contribution in [0.2, 0.25) is 0 Å². The Morgan fingerprint density at radius 3 is 2.25 bits per heavy atom. The minimum absolute atomic E-state index is 0.105. The molecule has 6 heteroatoms. The predicted octanol–water partition coefficient (Wildman–Crippen LogP) is 0.100. The topological polar surface area (TPSA) is 76.1 Å². The van der Waals surface area contributed by atoms with E-state index in [0.29, 0.717) is 0 Å². The molecule has 1 aliphatic carbocycles. The van der Waals surface area contributed by atoms with Gasteiger partial charge in [-0.25, -0.2) is 0 Å². The molecule has 0 heterocycles. The maximum Gasteiger partial charge on any atom is 0.231 e. The summed E-state index contributed by atoms with van der Waals surface area (Å²) in [7, 11) is 0. The summed E-state index contributed by atoms with van der Waals surface area (Å²) in [4.78, 5) is 32.5. The zero-order valence-corrected chi connectivity index (χ0v) is 8.88. The van der Waals surface area contributed by atoms with Crippen molar-refractivity contribution in [1.29, 1.82) is 0 Å². The van der Waals surface area contributed by atoms with E-state index in [2.05, 4.69) is 13.2 Å². The van der Waals surface area contributed by atoms with Gasteiger partial charge in [-0.3, -0.25) is 9.59 Å². The van der Waals surface area contributed by atoms with E-state index in [1.807, 2.05) is 0 Å². The molecule has 0 saturated heterocycles. The van der Waals surface area contributed by atoms with Crippen molar-refractivity contribution in [3.63, 3.8) is 0 Å². The van der Waals surface area contributed by atoms with Crippen molar-refractivity contribution < 1.29 is 24.4 Å². The van der Waals surface area contributed by atoms with E-state index in [9.17, 15) is 14.7 Å². The quantitative estimate of drug-likeness (QED) is 0.408. The Morgan fingerprint density at radius 2 is 1.94 bits per heavy atom. The standard InChI is InChI=1S/C10H13NO5/c1-4-15-11(16-5-2)7-6-10(3,14)9(13)8(7)12/h4-5,7,14H,1-2,6H2,3H3. The van der Waals surface area contributed by atoms with Gasteiger partial charge in [0.25, 0.3) is 0 Å². The molecule has 16 heavy (non-hydrogen) atoms. The van der Waals surface area contributed by atoms with Crippen LogP contribution in [0.25, 0.3) is 0 Å². The zero-order chi connectivity index (χ0) is 12.3. The van der Waals surface area contributed by atoms with Crippen LogP contribution in [0.5, 0.6) is 0 Å². The van der Waals surface area contributed by atoms with Crippen LogP contribution < -0.4 is 0 Å². The van der Waals surface area contributed by atoms with Crippen LogP contribution in [-0.4, -0.2) is 33.5 Å². The molecule has 0 radical (unpaired) electrons. The fourth-order valence-electron chi connectivity index (χ4n) is 1.47. The molecule has 0 aliphatic heterocycles. The SMILES string of the molecule is C=CON(OC=C)C1CC(C)(O)C(=O)C1=O. The van der Waals surface area contributed by atoms with E-state index in [4.69, 9.17) is 9.68 Å². The van der Waals surface area contributed by atoms with Gasteiger partial charge in [0, 0.05) is 11.6 Å². The van der Waals surface area contributed by atoms with Gasteiger partial charge >= 0.3 is 0 Å². The first-order valence-corrected chi connectivity index (χ1v) is 4.59. The van der Waals surface area contributed by atoms with Crippen molar-refractivity contribution in [3.8, 4) is 0 Å². The molecule has 0 aromatic carbocycles. The van der Waals surface area contributed by atoms with Crippen LogP contribution in [0.15, 0.2) is 25.7 Å². The molecule has 6 nitrogen and oxygen atoms in total. The summed E-state index contributed by atoms with van der Waals surface area (Å²) < 4.78 is 0. The molecule has 0 spiro atoms. The van der Waals surface area contributed by atoms with Crippen LogP contribution in [0.1, 0.15) is 13.3 Å². The van der Waals surface area contributed by atoms with Crippen LogP contribution in [-0.2, 0) is 19.3 Å². The molecule has 0 aromatic heterocycles. The van der Waals surface area contributed by atoms with Gasteiger partial charge in [0.2, 0.25) is 11.6 Å². The fourth-order valence-corrected chi connectivity index (χ4v) is 1.47. The monoisotopic (exact) mass is 227 g/mol. The number of aliphatic hydroxyl groups is 1. The predicted molar refractivity (Wildman–Crippen MR) is 53.4 cm³/mol. The summed E-state index contributed by atoms with van der Waals surface area (Å²) in [5, 5.41) is 10.4. The lowest BCUT2D eigenvalue weighted by Gasteiger charge is -2.22.